The lowest BCUT2D eigenvalue weighted by Gasteiger charge is -2.13. The molecule has 0 unspecified atom stereocenters. The first-order chi connectivity index (χ1) is 6.65. The van der Waals surface area contributed by atoms with Crippen molar-refractivity contribution >= 4 is 28.3 Å². The number of halogens is 2. The molecule has 0 saturated carbocycles. The van der Waals surface area contributed by atoms with Gasteiger partial charge in [0.15, 0.2) is 0 Å². The number of hydrogen-bond acceptors (Lipinski definition) is 1. The lowest BCUT2D eigenvalue weighted by molar-refractivity contribution is 0.658. The topological polar surface area (TPSA) is 26.0 Å². The second-order valence-corrected chi connectivity index (χ2v) is 4.35. The summed E-state index contributed by atoms with van der Waals surface area (Å²) in [6.45, 7) is 5.77. The minimum Gasteiger partial charge on any atom is -0.324 e. The van der Waals surface area contributed by atoms with Crippen LogP contribution in [0.2, 0.25) is 0 Å². The van der Waals surface area contributed by atoms with Crippen molar-refractivity contribution in [3.05, 3.63) is 46.5 Å². The van der Waals surface area contributed by atoms with Gasteiger partial charge in [-0.1, -0.05) is 34.1 Å². The zero-order chi connectivity index (χ0) is 10.6. The summed E-state index contributed by atoms with van der Waals surface area (Å²) in [5, 5.41) is 0. The first-order valence-electron chi connectivity index (χ1n) is 4.77. The summed E-state index contributed by atoms with van der Waals surface area (Å²) in [7, 11) is 0. The highest BCUT2D eigenvalue weighted by Gasteiger charge is 2.08. The highest BCUT2D eigenvalue weighted by Crippen LogP contribution is 2.25. The van der Waals surface area contributed by atoms with Gasteiger partial charge in [-0.2, -0.15) is 0 Å². The van der Waals surface area contributed by atoms with Crippen LogP contribution >= 0.6 is 28.3 Å². The van der Waals surface area contributed by atoms with E-state index in [-0.39, 0.29) is 18.4 Å². The molecule has 1 nitrogen and oxygen atoms in total. The third-order valence-corrected chi connectivity index (χ3v) is 2.92. The Bertz CT molecular complexity index is 325. The first kappa shape index (κ1) is 14.7. The summed E-state index contributed by atoms with van der Waals surface area (Å²) < 4.78 is 1.11. The second kappa shape index (κ2) is 7.04. The minimum absolute atomic E-state index is 0. The van der Waals surface area contributed by atoms with Gasteiger partial charge in [-0.3, -0.25) is 0 Å². The maximum atomic E-state index is 6.05. The van der Waals surface area contributed by atoms with Gasteiger partial charge in [0.2, 0.25) is 0 Å². The van der Waals surface area contributed by atoms with Gasteiger partial charge in [-0.05, 0) is 37.0 Å². The Balaban J connectivity index is 0.00000196. The SMILES string of the molecule is C=CCC[C@@H](N)c1ccc(C)cc1Br.Cl. The van der Waals surface area contributed by atoms with E-state index >= 15 is 0 Å². The Morgan fingerprint density at radius 3 is 2.73 bits per heavy atom. The standard InChI is InChI=1S/C12H16BrN.ClH/c1-3-4-5-12(14)10-7-6-9(2)8-11(10)13;/h3,6-8,12H,1,4-5,14H2,2H3;1H/t12-;/m1./s1. The lowest BCUT2D eigenvalue weighted by Crippen LogP contribution is -2.10. The van der Waals surface area contributed by atoms with Gasteiger partial charge in [-0.15, -0.1) is 19.0 Å². The molecule has 2 N–H and O–H groups in total. The van der Waals surface area contributed by atoms with E-state index in [4.69, 9.17) is 5.73 Å². The van der Waals surface area contributed by atoms with Crippen LogP contribution in [0, 0.1) is 6.92 Å². The average Bonchev–Trinajstić information content (AvgIpc) is 2.14. The fraction of sp³-hybridized carbons (Fsp3) is 0.333. The molecule has 1 rings (SSSR count). The van der Waals surface area contributed by atoms with Gasteiger partial charge in [0.1, 0.15) is 0 Å². The Morgan fingerprint density at radius 1 is 1.53 bits per heavy atom. The molecule has 0 aliphatic carbocycles. The average molecular weight is 291 g/mol. The van der Waals surface area contributed by atoms with Crippen LogP contribution in [0.5, 0.6) is 0 Å². The molecular formula is C12H17BrClN. The van der Waals surface area contributed by atoms with Crippen molar-refractivity contribution in [2.24, 2.45) is 5.73 Å². The van der Waals surface area contributed by atoms with Crippen molar-refractivity contribution in [2.75, 3.05) is 0 Å². The normalized spacial score (nSPS) is 11.7. The Labute approximate surface area is 106 Å². The predicted molar refractivity (Wildman–Crippen MR) is 72.5 cm³/mol. The van der Waals surface area contributed by atoms with E-state index in [1.165, 1.54) is 11.1 Å². The largest absolute Gasteiger partial charge is 0.324 e. The molecule has 0 amide bonds. The van der Waals surface area contributed by atoms with Crippen molar-refractivity contribution in [3.8, 4) is 0 Å². The number of benzene rings is 1. The summed E-state index contributed by atoms with van der Waals surface area (Å²) in [5.74, 6) is 0. The second-order valence-electron chi connectivity index (χ2n) is 3.50. The van der Waals surface area contributed by atoms with E-state index in [2.05, 4.69) is 47.6 Å². The molecule has 0 radical (unpaired) electrons. The molecule has 1 atom stereocenters. The molecule has 15 heavy (non-hydrogen) atoms. The summed E-state index contributed by atoms with van der Waals surface area (Å²) in [6.07, 6.45) is 3.81. The molecule has 1 aromatic rings. The molecule has 1 aromatic carbocycles. The van der Waals surface area contributed by atoms with E-state index in [1.807, 2.05) is 6.08 Å². The number of allylic oxidation sites excluding steroid dienone is 1. The third-order valence-electron chi connectivity index (χ3n) is 2.24. The fourth-order valence-electron chi connectivity index (χ4n) is 1.39. The smallest absolute Gasteiger partial charge is 0.0309 e. The van der Waals surface area contributed by atoms with Gasteiger partial charge in [0, 0.05) is 10.5 Å². The molecule has 84 valence electrons. The van der Waals surface area contributed by atoms with E-state index < -0.39 is 0 Å². The molecular weight excluding hydrogens is 273 g/mol. The molecule has 0 heterocycles. The first-order valence-corrected chi connectivity index (χ1v) is 5.57. The molecule has 3 heteroatoms. The van der Waals surface area contributed by atoms with Crippen molar-refractivity contribution in [1.29, 1.82) is 0 Å². The van der Waals surface area contributed by atoms with Crippen molar-refractivity contribution in [3.63, 3.8) is 0 Å². The van der Waals surface area contributed by atoms with Crippen LogP contribution in [0.1, 0.15) is 30.0 Å². The summed E-state index contributed by atoms with van der Waals surface area (Å²) in [5.41, 5.74) is 8.48. The number of nitrogens with two attached hydrogens (primary N) is 1. The van der Waals surface area contributed by atoms with Gasteiger partial charge < -0.3 is 5.73 Å². The number of aryl methyl sites for hydroxylation is 1. The van der Waals surface area contributed by atoms with Crippen LogP contribution in [0.3, 0.4) is 0 Å². The summed E-state index contributed by atoms with van der Waals surface area (Å²) in [6, 6.07) is 6.38. The van der Waals surface area contributed by atoms with Crippen molar-refractivity contribution in [1.82, 2.24) is 0 Å². The quantitative estimate of drug-likeness (QED) is 0.829. The number of rotatable bonds is 4. The molecule has 0 bridgehead atoms. The minimum atomic E-state index is 0. The van der Waals surface area contributed by atoms with Gasteiger partial charge in [-0.25, -0.2) is 0 Å². The van der Waals surface area contributed by atoms with Crippen LogP contribution in [-0.2, 0) is 0 Å². The van der Waals surface area contributed by atoms with E-state index in [1.54, 1.807) is 0 Å². The Kier molecular flexibility index (Phi) is 6.90. The molecule has 0 saturated heterocycles. The Hall–Kier alpha value is -0.310. The molecule has 0 aromatic heterocycles. The fourth-order valence-corrected chi connectivity index (χ4v) is 2.17. The van der Waals surface area contributed by atoms with Crippen LogP contribution in [0.15, 0.2) is 35.3 Å². The van der Waals surface area contributed by atoms with Gasteiger partial charge >= 0.3 is 0 Å². The van der Waals surface area contributed by atoms with E-state index in [0.29, 0.717) is 0 Å². The molecule has 0 spiro atoms. The van der Waals surface area contributed by atoms with E-state index in [0.717, 1.165) is 17.3 Å². The summed E-state index contributed by atoms with van der Waals surface area (Å²) in [4.78, 5) is 0. The van der Waals surface area contributed by atoms with Gasteiger partial charge in [0.05, 0.1) is 0 Å². The highest BCUT2D eigenvalue weighted by atomic mass is 79.9. The van der Waals surface area contributed by atoms with Crippen LogP contribution in [0.25, 0.3) is 0 Å². The third kappa shape index (κ3) is 4.37. The molecule has 0 fully saturated rings. The zero-order valence-corrected chi connectivity index (χ0v) is 11.3. The number of hydrogen-bond donors (Lipinski definition) is 1. The maximum Gasteiger partial charge on any atom is 0.0309 e. The molecule has 0 aliphatic heterocycles. The lowest BCUT2D eigenvalue weighted by atomic mass is 10.0. The maximum absolute atomic E-state index is 6.05. The highest BCUT2D eigenvalue weighted by molar-refractivity contribution is 9.10. The monoisotopic (exact) mass is 289 g/mol. The Morgan fingerprint density at radius 2 is 2.20 bits per heavy atom. The molecule has 0 aliphatic rings. The predicted octanol–water partition coefficient (Wildman–Crippen LogP) is 4.15. The van der Waals surface area contributed by atoms with Crippen LogP contribution < -0.4 is 5.73 Å². The zero-order valence-electron chi connectivity index (χ0n) is 8.87. The van der Waals surface area contributed by atoms with Crippen molar-refractivity contribution in [2.45, 2.75) is 25.8 Å². The van der Waals surface area contributed by atoms with Crippen LogP contribution in [-0.4, -0.2) is 0 Å². The van der Waals surface area contributed by atoms with Crippen molar-refractivity contribution < 1.29 is 0 Å². The van der Waals surface area contributed by atoms with Crippen LogP contribution in [0.4, 0.5) is 0 Å². The van der Waals surface area contributed by atoms with E-state index in [9.17, 15) is 0 Å². The van der Waals surface area contributed by atoms with Gasteiger partial charge in [0.25, 0.3) is 0 Å². The summed E-state index contributed by atoms with van der Waals surface area (Å²) >= 11 is 3.53.